The average molecular weight is 237 g/mol. The van der Waals surface area contributed by atoms with Crippen LogP contribution in [0.2, 0.25) is 0 Å². The summed E-state index contributed by atoms with van der Waals surface area (Å²) in [5.41, 5.74) is 0.634. The van der Waals surface area contributed by atoms with Crippen molar-refractivity contribution in [2.24, 2.45) is 7.05 Å². The van der Waals surface area contributed by atoms with Crippen LogP contribution in [-0.4, -0.2) is 32.3 Å². The molecule has 0 fully saturated rings. The number of nitrogens with zero attached hydrogens (tertiary/aromatic N) is 3. The number of aromatic nitrogens is 3. The fourth-order valence-electron chi connectivity index (χ4n) is 0.910. The standard InChI is InChI=1S/C8H14Cl2N4/c1-8(5-9,6-10)11-3-7-4-14(2)13-12-7/h4,11H,3,5-6H2,1-2H3. The van der Waals surface area contributed by atoms with E-state index in [1.165, 1.54) is 0 Å². The van der Waals surface area contributed by atoms with Crippen LogP contribution in [-0.2, 0) is 13.6 Å². The lowest BCUT2D eigenvalue weighted by Crippen LogP contribution is -2.45. The Labute approximate surface area is 93.6 Å². The van der Waals surface area contributed by atoms with E-state index >= 15 is 0 Å². The number of halogens is 2. The fourth-order valence-corrected chi connectivity index (χ4v) is 1.39. The summed E-state index contributed by atoms with van der Waals surface area (Å²) in [6, 6.07) is 0. The molecule has 0 amide bonds. The van der Waals surface area contributed by atoms with Crippen molar-refractivity contribution >= 4 is 23.2 Å². The smallest absolute Gasteiger partial charge is 0.0964 e. The molecule has 1 rings (SSSR count). The predicted octanol–water partition coefficient (Wildman–Crippen LogP) is 1.14. The van der Waals surface area contributed by atoms with E-state index in [0.717, 1.165) is 5.69 Å². The summed E-state index contributed by atoms with van der Waals surface area (Å²) in [4.78, 5) is 0. The quantitative estimate of drug-likeness (QED) is 0.781. The van der Waals surface area contributed by atoms with Crippen LogP contribution in [0, 0.1) is 0 Å². The van der Waals surface area contributed by atoms with Gasteiger partial charge < -0.3 is 5.32 Å². The molecule has 0 radical (unpaired) electrons. The van der Waals surface area contributed by atoms with E-state index in [2.05, 4.69) is 15.6 Å². The van der Waals surface area contributed by atoms with Gasteiger partial charge in [-0.15, -0.1) is 28.3 Å². The van der Waals surface area contributed by atoms with E-state index in [9.17, 15) is 0 Å². The molecule has 14 heavy (non-hydrogen) atoms. The second kappa shape index (κ2) is 4.96. The summed E-state index contributed by atoms with van der Waals surface area (Å²) in [5, 5.41) is 11.0. The summed E-state index contributed by atoms with van der Waals surface area (Å²) in [5.74, 6) is 0.938. The highest BCUT2D eigenvalue weighted by atomic mass is 35.5. The molecule has 0 spiro atoms. The zero-order valence-electron chi connectivity index (χ0n) is 8.30. The van der Waals surface area contributed by atoms with Gasteiger partial charge in [-0.3, -0.25) is 4.68 Å². The van der Waals surface area contributed by atoms with E-state index in [-0.39, 0.29) is 5.54 Å². The molecular formula is C8H14Cl2N4. The van der Waals surface area contributed by atoms with Gasteiger partial charge in [-0.1, -0.05) is 5.21 Å². The number of rotatable bonds is 5. The van der Waals surface area contributed by atoms with E-state index in [4.69, 9.17) is 23.2 Å². The zero-order valence-corrected chi connectivity index (χ0v) is 9.81. The van der Waals surface area contributed by atoms with Gasteiger partial charge in [0.1, 0.15) is 0 Å². The SMILES string of the molecule is Cn1cc(CNC(C)(CCl)CCl)nn1. The summed E-state index contributed by atoms with van der Waals surface area (Å²) in [6.07, 6.45) is 1.86. The molecule has 0 saturated carbocycles. The van der Waals surface area contributed by atoms with Crippen molar-refractivity contribution in [2.75, 3.05) is 11.8 Å². The van der Waals surface area contributed by atoms with Crippen LogP contribution in [0.5, 0.6) is 0 Å². The van der Waals surface area contributed by atoms with E-state index in [1.807, 2.05) is 20.2 Å². The van der Waals surface area contributed by atoms with Gasteiger partial charge in [-0.25, -0.2) is 0 Å². The van der Waals surface area contributed by atoms with Crippen LogP contribution in [0.15, 0.2) is 6.20 Å². The molecule has 0 aliphatic rings. The van der Waals surface area contributed by atoms with Crippen molar-refractivity contribution in [3.8, 4) is 0 Å². The highest BCUT2D eigenvalue weighted by Crippen LogP contribution is 2.09. The molecule has 1 aromatic rings. The molecule has 0 aromatic carbocycles. The Morgan fingerprint density at radius 1 is 1.50 bits per heavy atom. The summed E-state index contributed by atoms with van der Waals surface area (Å²) in [7, 11) is 1.83. The number of aryl methyl sites for hydroxylation is 1. The van der Waals surface area contributed by atoms with Gasteiger partial charge in [0.05, 0.1) is 5.69 Å². The highest BCUT2D eigenvalue weighted by molar-refractivity contribution is 6.22. The van der Waals surface area contributed by atoms with Gasteiger partial charge in [-0.05, 0) is 6.92 Å². The Balaban J connectivity index is 2.47. The van der Waals surface area contributed by atoms with Crippen molar-refractivity contribution in [1.82, 2.24) is 20.3 Å². The van der Waals surface area contributed by atoms with Crippen LogP contribution in [0.1, 0.15) is 12.6 Å². The van der Waals surface area contributed by atoms with Crippen molar-refractivity contribution in [3.63, 3.8) is 0 Å². The summed E-state index contributed by atoms with van der Waals surface area (Å²) < 4.78 is 1.66. The van der Waals surface area contributed by atoms with Crippen LogP contribution in [0.25, 0.3) is 0 Å². The van der Waals surface area contributed by atoms with Gasteiger partial charge >= 0.3 is 0 Å². The lowest BCUT2D eigenvalue weighted by Gasteiger charge is -2.25. The Morgan fingerprint density at radius 2 is 2.14 bits per heavy atom. The second-order valence-corrected chi connectivity index (χ2v) is 4.10. The van der Waals surface area contributed by atoms with Crippen LogP contribution in [0.4, 0.5) is 0 Å². The second-order valence-electron chi connectivity index (χ2n) is 3.57. The molecule has 0 aliphatic carbocycles. The lowest BCUT2D eigenvalue weighted by atomic mass is 10.1. The molecule has 0 saturated heterocycles. The molecule has 1 aromatic heterocycles. The molecule has 4 nitrogen and oxygen atoms in total. The lowest BCUT2D eigenvalue weighted by molar-refractivity contribution is 0.431. The Hall–Kier alpha value is -0.320. The van der Waals surface area contributed by atoms with Crippen LogP contribution < -0.4 is 5.32 Å². The van der Waals surface area contributed by atoms with Crippen molar-refractivity contribution < 1.29 is 0 Å². The van der Waals surface area contributed by atoms with Gasteiger partial charge in [0.25, 0.3) is 0 Å². The maximum Gasteiger partial charge on any atom is 0.0964 e. The Kier molecular flexibility index (Phi) is 4.16. The maximum absolute atomic E-state index is 5.79. The Morgan fingerprint density at radius 3 is 2.57 bits per heavy atom. The van der Waals surface area contributed by atoms with E-state index < -0.39 is 0 Å². The number of hydrogen-bond acceptors (Lipinski definition) is 3. The number of nitrogens with one attached hydrogen (secondary N) is 1. The van der Waals surface area contributed by atoms with Crippen molar-refractivity contribution in [2.45, 2.75) is 19.0 Å². The third-order valence-corrected chi connectivity index (χ3v) is 3.12. The molecular weight excluding hydrogens is 223 g/mol. The number of alkyl halides is 2. The number of hydrogen-bond donors (Lipinski definition) is 1. The topological polar surface area (TPSA) is 42.7 Å². The van der Waals surface area contributed by atoms with Gasteiger partial charge in [0, 0.05) is 37.1 Å². The largest absolute Gasteiger partial charge is 0.303 e. The first kappa shape index (κ1) is 11.8. The molecule has 80 valence electrons. The Bertz CT molecular complexity index is 283. The van der Waals surface area contributed by atoms with E-state index in [0.29, 0.717) is 18.3 Å². The van der Waals surface area contributed by atoms with Gasteiger partial charge in [-0.2, -0.15) is 0 Å². The fraction of sp³-hybridized carbons (Fsp3) is 0.750. The third-order valence-electron chi connectivity index (χ3n) is 1.94. The third kappa shape index (κ3) is 3.12. The first-order chi connectivity index (χ1) is 6.59. The molecule has 0 aliphatic heterocycles. The zero-order chi connectivity index (χ0) is 10.6. The minimum Gasteiger partial charge on any atom is -0.303 e. The first-order valence-corrected chi connectivity index (χ1v) is 5.39. The predicted molar refractivity (Wildman–Crippen MR) is 57.7 cm³/mol. The highest BCUT2D eigenvalue weighted by Gasteiger charge is 2.21. The average Bonchev–Trinajstić information content (AvgIpc) is 2.61. The van der Waals surface area contributed by atoms with E-state index in [1.54, 1.807) is 4.68 Å². The van der Waals surface area contributed by atoms with Crippen molar-refractivity contribution in [3.05, 3.63) is 11.9 Å². The minimum atomic E-state index is -0.249. The maximum atomic E-state index is 5.79. The first-order valence-electron chi connectivity index (χ1n) is 4.32. The molecule has 0 bridgehead atoms. The van der Waals surface area contributed by atoms with Crippen LogP contribution in [0.3, 0.4) is 0 Å². The molecule has 1 heterocycles. The van der Waals surface area contributed by atoms with Gasteiger partial charge in [0.2, 0.25) is 0 Å². The van der Waals surface area contributed by atoms with Gasteiger partial charge in [0.15, 0.2) is 0 Å². The molecule has 6 heteroatoms. The van der Waals surface area contributed by atoms with Crippen molar-refractivity contribution in [1.29, 1.82) is 0 Å². The summed E-state index contributed by atoms with van der Waals surface area (Å²) in [6.45, 7) is 2.60. The normalized spacial score (nSPS) is 12.0. The van der Waals surface area contributed by atoms with Crippen LogP contribution >= 0.6 is 23.2 Å². The monoisotopic (exact) mass is 236 g/mol. The molecule has 0 unspecified atom stereocenters. The summed E-state index contributed by atoms with van der Waals surface area (Å²) >= 11 is 11.6. The minimum absolute atomic E-state index is 0.249. The molecule has 1 N–H and O–H groups in total. The molecule has 0 atom stereocenters.